The zero-order valence-electron chi connectivity index (χ0n) is 14.0. The third-order valence-corrected chi connectivity index (χ3v) is 5.08. The second kappa shape index (κ2) is 7.95. The van der Waals surface area contributed by atoms with E-state index in [-0.39, 0.29) is 5.75 Å². The molecule has 0 spiro atoms. The smallest absolute Gasteiger partial charge is 0.205 e. The van der Waals surface area contributed by atoms with Gasteiger partial charge in [-0.05, 0) is 42.0 Å². The first-order valence-electron chi connectivity index (χ1n) is 7.53. The summed E-state index contributed by atoms with van der Waals surface area (Å²) >= 11 is 13.9. The molecule has 0 radical (unpaired) electrons. The Bertz CT molecular complexity index is 1040. The standard InChI is InChI=1S/C18H15Cl2N3O2S/c1-21-18-23(22-9-11-3-6-16(24)17(7-11)25-2)15(10-26-18)13-8-12(19)4-5-14(13)20/h3-10,24H,1-2H3. The highest BCUT2D eigenvalue weighted by molar-refractivity contribution is 7.07. The summed E-state index contributed by atoms with van der Waals surface area (Å²) < 4.78 is 6.82. The van der Waals surface area contributed by atoms with Crippen LogP contribution in [0.2, 0.25) is 10.0 Å². The van der Waals surface area contributed by atoms with Crippen LogP contribution in [0, 0.1) is 0 Å². The Balaban J connectivity index is 2.08. The zero-order valence-corrected chi connectivity index (χ0v) is 16.3. The lowest BCUT2D eigenvalue weighted by atomic mass is 10.2. The molecule has 0 unspecified atom stereocenters. The summed E-state index contributed by atoms with van der Waals surface area (Å²) in [6, 6.07) is 10.3. The average Bonchev–Trinajstić information content (AvgIpc) is 3.05. The van der Waals surface area contributed by atoms with Gasteiger partial charge in [0, 0.05) is 23.0 Å². The Labute approximate surface area is 164 Å². The van der Waals surface area contributed by atoms with E-state index in [0.717, 1.165) is 16.8 Å². The second-order valence-electron chi connectivity index (χ2n) is 5.24. The number of thiazole rings is 1. The van der Waals surface area contributed by atoms with E-state index < -0.39 is 0 Å². The molecule has 8 heteroatoms. The van der Waals surface area contributed by atoms with Gasteiger partial charge in [-0.15, -0.1) is 11.3 Å². The van der Waals surface area contributed by atoms with Gasteiger partial charge < -0.3 is 9.84 Å². The number of methoxy groups -OCH3 is 1. The molecule has 3 aromatic rings. The first-order valence-corrected chi connectivity index (χ1v) is 9.17. The molecular formula is C18H15Cl2N3O2S. The molecule has 5 nitrogen and oxygen atoms in total. The highest BCUT2D eigenvalue weighted by Crippen LogP contribution is 2.31. The van der Waals surface area contributed by atoms with Gasteiger partial charge in [0.2, 0.25) is 4.80 Å². The summed E-state index contributed by atoms with van der Waals surface area (Å²) in [5.41, 5.74) is 2.32. The fourth-order valence-corrected chi connectivity index (χ4v) is 3.52. The molecule has 0 saturated carbocycles. The third kappa shape index (κ3) is 3.77. The molecule has 0 atom stereocenters. The largest absolute Gasteiger partial charge is 0.504 e. The van der Waals surface area contributed by atoms with Gasteiger partial charge in [0.05, 0.1) is 24.0 Å². The van der Waals surface area contributed by atoms with E-state index in [1.54, 1.807) is 54.3 Å². The van der Waals surface area contributed by atoms with Crippen LogP contribution in [0.5, 0.6) is 11.5 Å². The van der Waals surface area contributed by atoms with Crippen molar-refractivity contribution in [2.75, 3.05) is 14.2 Å². The van der Waals surface area contributed by atoms with Crippen molar-refractivity contribution in [2.45, 2.75) is 0 Å². The van der Waals surface area contributed by atoms with Crippen molar-refractivity contribution in [2.24, 2.45) is 10.1 Å². The highest BCUT2D eigenvalue weighted by atomic mass is 35.5. The van der Waals surface area contributed by atoms with E-state index in [4.69, 9.17) is 27.9 Å². The van der Waals surface area contributed by atoms with Crippen LogP contribution in [0.3, 0.4) is 0 Å². The highest BCUT2D eigenvalue weighted by Gasteiger charge is 2.11. The number of nitrogens with zero attached hydrogens (tertiary/aromatic N) is 3. The molecule has 26 heavy (non-hydrogen) atoms. The summed E-state index contributed by atoms with van der Waals surface area (Å²) in [7, 11) is 3.20. The molecule has 134 valence electrons. The van der Waals surface area contributed by atoms with Crippen LogP contribution < -0.4 is 9.54 Å². The van der Waals surface area contributed by atoms with Crippen molar-refractivity contribution in [1.29, 1.82) is 0 Å². The van der Waals surface area contributed by atoms with Crippen LogP contribution in [0.1, 0.15) is 5.56 Å². The van der Waals surface area contributed by atoms with Crippen LogP contribution in [0.4, 0.5) is 0 Å². The van der Waals surface area contributed by atoms with Crippen molar-refractivity contribution in [1.82, 2.24) is 4.68 Å². The summed E-state index contributed by atoms with van der Waals surface area (Å²) in [4.78, 5) is 4.96. The van der Waals surface area contributed by atoms with Crippen molar-refractivity contribution < 1.29 is 9.84 Å². The minimum absolute atomic E-state index is 0.0727. The lowest BCUT2D eigenvalue weighted by Crippen LogP contribution is -2.11. The average molecular weight is 408 g/mol. The van der Waals surface area contributed by atoms with Crippen molar-refractivity contribution in [3.8, 4) is 22.8 Å². The van der Waals surface area contributed by atoms with Crippen LogP contribution in [-0.2, 0) is 0 Å². The molecule has 2 aromatic carbocycles. The second-order valence-corrected chi connectivity index (χ2v) is 6.92. The van der Waals surface area contributed by atoms with E-state index in [2.05, 4.69) is 10.1 Å². The zero-order chi connectivity index (χ0) is 18.7. The van der Waals surface area contributed by atoms with Gasteiger partial charge in [0.15, 0.2) is 11.5 Å². The molecule has 1 heterocycles. The third-order valence-electron chi connectivity index (χ3n) is 3.61. The summed E-state index contributed by atoms with van der Waals surface area (Å²) in [6.45, 7) is 0. The monoisotopic (exact) mass is 407 g/mol. The van der Waals surface area contributed by atoms with Gasteiger partial charge in [0.25, 0.3) is 0 Å². The van der Waals surface area contributed by atoms with E-state index in [1.165, 1.54) is 18.4 Å². The number of aromatic hydroxyl groups is 1. The molecule has 1 N–H and O–H groups in total. The van der Waals surface area contributed by atoms with Crippen molar-refractivity contribution in [3.63, 3.8) is 0 Å². The fraction of sp³-hybridized carbons (Fsp3) is 0.111. The number of aromatic nitrogens is 1. The van der Waals surface area contributed by atoms with Gasteiger partial charge in [-0.1, -0.05) is 23.2 Å². The summed E-state index contributed by atoms with van der Waals surface area (Å²) in [6.07, 6.45) is 1.66. The van der Waals surface area contributed by atoms with Crippen LogP contribution >= 0.6 is 34.5 Å². The normalized spacial score (nSPS) is 12.1. The molecule has 0 aliphatic carbocycles. The minimum Gasteiger partial charge on any atom is -0.504 e. The Hall–Kier alpha value is -2.28. The van der Waals surface area contributed by atoms with Crippen LogP contribution in [0.25, 0.3) is 11.3 Å². The van der Waals surface area contributed by atoms with E-state index in [1.807, 2.05) is 5.38 Å². The molecule has 0 bridgehead atoms. The van der Waals surface area contributed by atoms with Crippen molar-refractivity contribution in [3.05, 3.63) is 62.2 Å². The van der Waals surface area contributed by atoms with E-state index in [0.29, 0.717) is 20.6 Å². The van der Waals surface area contributed by atoms with Crippen LogP contribution in [-0.4, -0.2) is 30.2 Å². The lowest BCUT2D eigenvalue weighted by Gasteiger charge is -2.07. The number of rotatable bonds is 4. The molecule has 0 aliphatic heterocycles. The SMILES string of the molecule is CN=c1scc(-c2cc(Cl)ccc2Cl)n1N=Cc1ccc(O)c(OC)c1. The summed E-state index contributed by atoms with van der Waals surface area (Å²) in [5.74, 6) is 0.450. The Morgan fingerprint density at radius 2 is 2.00 bits per heavy atom. The molecule has 0 amide bonds. The molecule has 3 rings (SSSR count). The Morgan fingerprint density at radius 3 is 2.73 bits per heavy atom. The molecule has 0 fully saturated rings. The van der Waals surface area contributed by atoms with E-state index in [9.17, 15) is 5.11 Å². The van der Waals surface area contributed by atoms with Gasteiger partial charge in [-0.25, -0.2) is 4.68 Å². The Morgan fingerprint density at radius 1 is 1.19 bits per heavy atom. The number of benzene rings is 2. The first kappa shape index (κ1) is 18.5. The fourth-order valence-electron chi connectivity index (χ4n) is 2.34. The number of hydrogen-bond donors (Lipinski definition) is 1. The van der Waals surface area contributed by atoms with E-state index >= 15 is 0 Å². The van der Waals surface area contributed by atoms with Gasteiger partial charge in [-0.2, -0.15) is 5.10 Å². The lowest BCUT2D eigenvalue weighted by molar-refractivity contribution is 0.373. The predicted molar refractivity (Wildman–Crippen MR) is 107 cm³/mol. The topological polar surface area (TPSA) is 59.1 Å². The molecular weight excluding hydrogens is 393 g/mol. The first-order chi connectivity index (χ1) is 12.5. The molecule has 0 aliphatic rings. The maximum atomic E-state index is 9.70. The molecule has 0 saturated heterocycles. The quantitative estimate of drug-likeness (QED) is 0.639. The number of ether oxygens (including phenoxy) is 1. The number of hydrogen-bond acceptors (Lipinski definition) is 5. The number of phenolic OH excluding ortho intramolecular Hbond substituents is 1. The number of phenols is 1. The van der Waals surface area contributed by atoms with Gasteiger partial charge >= 0.3 is 0 Å². The Kier molecular flexibility index (Phi) is 5.66. The van der Waals surface area contributed by atoms with Gasteiger partial charge in [0.1, 0.15) is 0 Å². The van der Waals surface area contributed by atoms with Gasteiger partial charge in [-0.3, -0.25) is 4.99 Å². The van der Waals surface area contributed by atoms with Crippen LogP contribution in [0.15, 0.2) is 51.9 Å². The minimum atomic E-state index is 0.0727. The predicted octanol–water partition coefficient (Wildman–Crippen LogP) is 4.65. The molecule has 1 aromatic heterocycles. The maximum absolute atomic E-state index is 9.70. The number of halogens is 2. The maximum Gasteiger partial charge on any atom is 0.205 e. The summed E-state index contributed by atoms with van der Waals surface area (Å²) in [5, 5.41) is 17.3. The van der Waals surface area contributed by atoms with Crippen molar-refractivity contribution >= 4 is 40.8 Å².